The summed E-state index contributed by atoms with van der Waals surface area (Å²) < 4.78 is 1.43. The largest absolute Gasteiger partial charge is 0.323 e. The molecule has 1 atom stereocenters. The molecule has 0 bridgehead atoms. The summed E-state index contributed by atoms with van der Waals surface area (Å²) in [6.07, 6.45) is 13.9. The van der Waals surface area contributed by atoms with Crippen LogP contribution in [-0.4, -0.2) is 30.7 Å². The highest BCUT2D eigenvalue weighted by Crippen LogP contribution is 2.22. The van der Waals surface area contributed by atoms with Crippen LogP contribution >= 0.6 is 0 Å². The second-order valence-electron chi connectivity index (χ2n) is 7.17. The number of unbranched alkanes of at least 4 members (excludes halogenated alkanes) is 4. The van der Waals surface area contributed by atoms with Crippen LogP contribution in [0.15, 0.2) is 0 Å². The standard InChI is InChI=1S/C20H44N/c1-6-11-15-20(10-5)19-21(16-12-7-2,17-13-8-3)18-14-9-4/h20H,6-19H2,1-5H3/q+1. The van der Waals surface area contributed by atoms with Gasteiger partial charge in [0, 0.05) is 5.92 Å². The zero-order chi connectivity index (χ0) is 16.0. The summed E-state index contributed by atoms with van der Waals surface area (Å²) in [6, 6.07) is 0. The minimum atomic E-state index is 0.954. The monoisotopic (exact) mass is 298 g/mol. The summed E-state index contributed by atoms with van der Waals surface area (Å²) in [5, 5.41) is 0. The van der Waals surface area contributed by atoms with Crippen molar-refractivity contribution in [2.75, 3.05) is 26.2 Å². The highest BCUT2D eigenvalue weighted by Gasteiger charge is 2.28. The van der Waals surface area contributed by atoms with Gasteiger partial charge in [-0.1, -0.05) is 66.7 Å². The van der Waals surface area contributed by atoms with Crippen LogP contribution in [0.5, 0.6) is 0 Å². The van der Waals surface area contributed by atoms with Crippen LogP contribution in [0.2, 0.25) is 0 Å². The minimum absolute atomic E-state index is 0.954. The Balaban J connectivity index is 4.81. The fraction of sp³-hybridized carbons (Fsp3) is 1.00. The predicted octanol–water partition coefficient (Wildman–Crippen LogP) is 6.42. The number of hydrogen-bond donors (Lipinski definition) is 0. The van der Waals surface area contributed by atoms with E-state index in [0.717, 1.165) is 5.92 Å². The van der Waals surface area contributed by atoms with Gasteiger partial charge < -0.3 is 4.48 Å². The maximum absolute atomic E-state index is 2.41. The summed E-state index contributed by atoms with van der Waals surface area (Å²) in [5.41, 5.74) is 0. The van der Waals surface area contributed by atoms with Gasteiger partial charge in [0.15, 0.2) is 0 Å². The van der Waals surface area contributed by atoms with Crippen LogP contribution < -0.4 is 0 Å². The minimum Gasteiger partial charge on any atom is -0.323 e. The lowest BCUT2D eigenvalue weighted by atomic mass is 9.96. The van der Waals surface area contributed by atoms with E-state index in [1.807, 2.05) is 0 Å². The van der Waals surface area contributed by atoms with Crippen LogP contribution in [0.4, 0.5) is 0 Å². The molecule has 0 saturated heterocycles. The molecule has 0 spiro atoms. The molecule has 0 rings (SSSR count). The van der Waals surface area contributed by atoms with Crippen molar-refractivity contribution in [2.45, 2.75) is 98.8 Å². The fourth-order valence-electron chi connectivity index (χ4n) is 3.55. The lowest BCUT2D eigenvalue weighted by Crippen LogP contribution is -2.52. The molecule has 0 aliphatic carbocycles. The van der Waals surface area contributed by atoms with Crippen molar-refractivity contribution < 1.29 is 4.48 Å². The molecular formula is C20H44N+. The SMILES string of the molecule is CCCCC(CC)C[N+](CCCC)(CCCC)CCCC. The summed E-state index contributed by atoms with van der Waals surface area (Å²) in [7, 11) is 0. The molecule has 0 fully saturated rings. The van der Waals surface area contributed by atoms with E-state index in [1.54, 1.807) is 0 Å². The average molecular weight is 299 g/mol. The van der Waals surface area contributed by atoms with E-state index in [-0.39, 0.29) is 0 Å². The van der Waals surface area contributed by atoms with Crippen molar-refractivity contribution in [1.29, 1.82) is 0 Å². The number of quaternary nitrogens is 1. The average Bonchev–Trinajstić information content (AvgIpc) is 2.52. The molecular weight excluding hydrogens is 254 g/mol. The molecule has 0 aromatic heterocycles. The summed E-state index contributed by atoms with van der Waals surface area (Å²) in [4.78, 5) is 0. The van der Waals surface area contributed by atoms with E-state index in [4.69, 9.17) is 0 Å². The smallest absolute Gasteiger partial charge is 0.0815 e. The summed E-state index contributed by atoms with van der Waals surface area (Å²) >= 11 is 0. The first kappa shape index (κ1) is 21.0. The fourth-order valence-corrected chi connectivity index (χ4v) is 3.55. The second kappa shape index (κ2) is 13.6. The molecule has 0 heterocycles. The third kappa shape index (κ3) is 9.55. The normalized spacial score (nSPS) is 13.6. The van der Waals surface area contributed by atoms with Crippen molar-refractivity contribution in [1.82, 2.24) is 0 Å². The Bertz CT molecular complexity index is 190. The second-order valence-corrected chi connectivity index (χ2v) is 7.17. The molecule has 0 saturated carbocycles. The number of nitrogens with zero attached hydrogens (tertiary/aromatic N) is 1. The van der Waals surface area contributed by atoms with Gasteiger partial charge in [0.05, 0.1) is 26.2 Å². The molecule has 1 unspecified atom stereocenters. The van der Waals surface area contributed by atoms with E-state index in [1.165, 1.54) is 94.9 Å². The van der Waals surface area contributed by atoms with E-state index in [2.05, 4.69) is 34.6 Å². The molecule has 0 aromatic carbocycles. The third-order valence-electron chi connectivity index (χ3n) is 5.15. The van der Waals surface area contributed by atoms with Gasteiger partial charge in [-0.3, -0.25) is 0 Å². The predicted molar refractivity (Wildman–Crippen MR) is 97.8 cm³/mol. The lowest BCUT2D eigenvalue weighted by Gasteiger charge is -2.41. The maximum atomic E-state index is 2.41. The van der Waals surface area contributed by atoms with Gasteiger partial charge in [-0.15, -0.1) is 0 Å². The molecule has 0 amide bonds. The van der Waals surface area contributed by atoms with Crippen LogP contribution in [0.25, 0.3) is 0 Å². The summed E-state index contributed by atoms with van der Waals surface area (Å²) in [5.74, 6) is 0.954. The van der Waals surface area contributed by atoms with Crippen LogP contribution in [0.3, 0.4) is 0 Å². The Morgan fingerprint density at radius 1 is 0.619 bits per heavy atom. The van der Waals surface area contributed by atoms with E-state index in [0.29, 0.717) is 0 Å². The Labute approximate surface area is 136 Å². The van der Waals surface area contributed by atoms with Gasteiger partial charge in [0.1, 0.15) is 0 Å². The van der Waals surface area contributed by atoms with Crippen LogP contribution in [0, 0.1) is 5.92 Å². The maximum Gasteiger partial charge on any atom is 0.0815 e. The van der Waals surface area contributed by atoms with Gasteiger partial charge in [-0.05, 0) is 32.1 Å². The van der Waals surface area contributed by atoms with Crippen LogP contribution in [-0.2, 0) is 0 Å². The van der Waals surface area contributed by atoms with Gasteiger partial charge in [-0.25, -0.2) is 0 Å². The zero-order valence-corrected chi connectivity index (χ0v) is 15.9. The Hall–Kier alpha value is -0.0400. The Morgan fingerprint density at radius 3 is 1.38 bits per heavy atom. The van der Waals surface area contributed by atoms with E-state index >= 15 is 0 Å². The van der Waals surface area contributed by atoms with Gasteiger partial charge in [0.2, 0.25) is 0 Å². The Kier molecular flexibility index (Phi) is 13.6. The first-order valence-corrected chi connectivity index (χ1v) is 10.0. The molecule has 0 aliphatic heterocycles. The highest BCUT2D eigenvalue weighted by atomic mass is 15.3. The number of hydrogen-bond acceptors (Lipinski definition) is 0. The van der Waals surface area contributed by atoms with Gasteiger partial charge >= 0.3 is 0 Å². The van der Waals surface area contributed by atoms with Crippen LogP contribution in [0.1, 0.15) is 98.8 Å². The topological polar surface area (TPSA) is 0 Å². The summed E-state index contributed by atoms with van der Waals surface area (Å²) in [6.45, 7) is 17.5. The quantitative estimate of drug-likeness (QED) is 0.306. The molecule has 0 aliphatic rings. The molecule has 1 heteroatoms. The lowest BCUT2D eigenvalue weighted by molar-refractivity contribution is -0.932. The van der Waals surface area contributed by atoms with Gasteiger partial charge in [-0.2, -0.15) is 0 Å². The zero-order valence-electron chi connectivity index (χ0n) is 15.9. The first-order chi connectivity index (χ1) is 10.2. The molecule has 0 N–H and O–H groups in total. The third-order valence-corrected chi connectivity index (χ3v) is 5.15. The van der Waals surface area contributed by atoms with E-state index < -0.39 is 0 Å². The molecule has 21 heavy (non-hydrogen) atoms. The highest BCUT2D eigenvalue weighted by molar-refractivity contribution is 4.59. The Morgan fingerprint density at radius 2 is 1.05 bits per heavy atom. The molecule has 0 radical (unpaired) electrons. The van der Waals surface area contributed by atoms with Crippen molar-refractivity contribution in [3.05, 3.63) is 0 Å². The van der Waals surface area contributed by atoms with Gasteiger partial charge in [0.25, 0.3) is 0 Å². The first-order valence-electron chi connectivity index (χ1n) is 10.0. The van der Waals surface area contributed by atoms with Crippen molar-refractivity contribution in [3.63, 3.8) is 0 Å². The molecule has 128 valence electrons. The number of rotatable bonds is 15. The molecule has 1 nitrogen and oxygen atoms in total. The van der Waals surface area contributed by atoms with E-state index in [9.17, 15) is 0 Å². The molecule has 0 aromatic rings. The van der Waals surface area contributed by atoms with Crippen molar-refractivity contribution in [2.24, 2.45) is 5.92 Å². The van der Waals surface area contributed by atoms with Crippen molar-refractivity contribution >= 4 is 0 Å². The van der Waals surface area contributed by atoms with Crippen molar-refractivity contribution in [3.8, 4) is 0 Å².